The average Bonchev–Trinajstić information content (AvgIpc) is 2.84. The zero-order chi connectivity index (χ0) is 24.9. The number of halogens is 4. The first-order chi connectivity index (χ1) is 16.9. The molecule has 2 aromatic rings. The van der Waals surface area contributed by atoms with Gasteiger partial charge in [0.15, 0.2) is 0 Å². The first kappa shape index (κ1) is 26.4. The topological polar surface area (TPSA) is 48.4 Å². The number of fused-ring (bicyclic) bond motifs is 1. The summed E-state index contributed by atoms with van der Waals surface area (Å²) in [7, 11) is 0. The van der Waals surface area contributed by atoms with Gasteiger partial charge in [0.25, 0.3) is 0 Å². The summed E-state index contributed by atoms with van der Waals surface area (Å²) in [6, 6.07) is 10.7. The van der Waals surface area contributed by atoms with Crippen molar-refractivity contribution in [1.82, 2.24) is 9.91 Å². The van der Waals surface area contributed by atoms with Gasteiger partial charge in [0, 0.05) is 56.1 Å². The number of hydrogen-bond acceptors (Lipinski definition) is 6. The van der Waals surface area contributed by atoms with Crippen LogP contribution in [0.15, 0.2) is 41.5 Å². The summed E-state index contributed by atoms with van der Waals surface area (Å²) in [5.41, 5.74) is 2.91. The van der Waals surface area contributed by atoms with E-state index in [1.54, 1.807) is 13.0 Å². The molecule has 188 valence electrons. The molecule has 0 bridgehead atoms. The Morgan fingerprint density at radius 2 is 1.91 bits per heavy atom. The smallest absolute Gasteiger partial charge is 0.311 e. The largest absolute Gasteiger partial charge is 0.466 e. The van der Waals surface area contributed by atoms with Crippen LogP contribution in [0.5, 0.6) is 0 Å². The third-order valence-corrected chi connectivity index (χ3v) is 8.24. The third-order valence-electron chi connectivity index (χ3n) is 6.23. The molecule has 1 fully saturated rings. The van der Waals surface area contributed by atoms with Crippen LogP contribution in [0.1, 0.15) is 34.9 Å². The van der Waals surface area contributed by atoms with Crippen molar-refractivity contribution in [2.45, 2.75) is 23.8 Å². The second kappa shape index (κ2) is 12.1. The van der Waals surface area contributed by atoms with Crippen molar-refractivity contribution in [3.05, 3.63) is 63.4 Å². The first-order valence-electron chi connectivity index (χ1n) is 11.7. The maximum Gasteiger partial charge on any atom is 0.311 e. The Bertz CT molecular complexity index is 1100. The molecule has 0 saturated carbocycles. The lowest BCUT2D eigenvalue weighted by Gasteiger charge is -2.37. The number of carbonyl (C=O) groups excluding carboxylic acids is 1. The molecular formula is C25H28Cl2FIN4O2. The van der Waals surface area contributed by atoms with Crippen molar-refractivity contribution in [1.29, 1.82) is 0 Å². The van der Waals surface area contributed by atoms with Crippen molar-refractivity contribution in [3.63, 3.8) is 0 Å². The van der Waals surface area contributed by atoms with Crippen LogP contribution in [-0.4, -0.2) is 67.5 Å². The lowest BCUT2D eigenvalue weighted by Crippen LogP contribution is -2.47. The van der Waals surface area contributed by atoms with Crippen molar-refractivity contribution in [3.8, 4) is 0 Å². The molecule has 1 saturated heterocycles. The van der Waals surface area contributed by atoms with Gasteiger partial charge in [-0.1, -0.05) is 57.9 Å². The fourth-order valence-corrected chi connectivity index (χ4v) is 5.78. The quantitative estimate of drug-likeness (QED) is 0.161. The Labute approximate surface area is 229 Å². The van der Waals surface area contributed by atoms with Crippen LogP contribution in [0.2, 0.25) is 10.0 Å². The Kier molecular flexibility index (Phi) is 9.13. The first-order valence-corrected chi connectivity index (χ1v) is 13.7. The number of ether oxygens (including phenoxy) is 1. The molecule has 6 nitrogen and oxygen atoms in total. The third kappa shape index (κ3) is 6.39. The molecule has 2 aliphatic heterocycles. The summed E-state index contributed by atoms with van der Waals surface area (Å²) in [5, 5.41) is 7.77. The highest BCUT2D eigenvalue weighted by Crippen LogP contribution is 2.37. The number of rotatable bonds is 8. The van der Waals surface area contributed by atoms with E-state index in [4.69, 9.17) is 33.0 Å². The molecule has 0 spiro atoms. The van der Waals surface area contributed by atoms with Crippen LogP contribution in [0.25, 0.3) is 0 Å². The summed E-state index contributed by atoms with van der Waals surface area (Å²) in [6.45, 7) is 7.38. The normalized spacial score (nSPS) is 18.3. The number of esters is 1. The van der Waals surface area contributed by atoms with Gasteiger partial charge >= 0.3 is 5.97 Å². The van der Waals surface area contributed by atoms with E-state index in [2.05, 4.69) is 32.4 Å². The van der Waals surface area contributed by atoms with E-state index in [9.17, 15) is 9.18 Å². The fraction of sp³-hybridized carbons (Fsp3) is 0.440. The predicted octanol–water partition coefficient (Wildman–Crippen LogP) is 5.75. The van der Waals surface area contributed by atoms with Crippen LogP contribution in [0.4, 0.5) is 10.1 Å². The average molecular weight is 633 g/mol. The maximum absolute atomic E-state index is 14.8. The number of anilines is 1. The van der Waals surface area contributed by atoms with Gasteiger partial charge in [0.05, 0.1) is 28.8 Å². The van der Waals surface area contributed by atoms with Gasteiger partial charge in [-0.25, -0.2) is 4.39 Å². The van der Waals surface area contributed by atoms with Gasteiger partial charge < -0.3 is 9.64 Å². The molecule has 10 heteroatoms. The fourth-order valence-electron chi connectivity index (χ4n) is 4.45. The second-order valence-corrected chi connectivity index (χ2v) is 10.5. The van der Waals surface area contributed by atoms with E-state index < -0.39 is 0 Å². The number of carbonyl (C=O) groups is 1. The summed E-state index contributed by atoms with van der Waals surface area (Å²) in [6.07, 6.45) is 0.910. The minimum absolute atomic E-state index is 0.0286. The van der Waals surface area contributed by atoms with Crippen LogP contribution in [0.3, 0.4) is 0 Å². The molecule has 0 N–H and O–H groups in total. The molecule has 2 aromatic carbocycles. The van der Waals surface area contributed by atoms with E-state index >= 15 is 0 Å². The van der Waals surface area contributed by atoms with Crippen molar-refractivity contribution < 1.29 is 13.9 Å². The zero-order valence-corrected chi connectivity index (χ0v) is 23.2. The summed E-state index contributed by atoms with van der Waals surface area (Å²) in [5.74, 6) is -0.630. The SMILES string of the molecule is CCOC(=O)CC1=NN(CCCN2CCN(c3ccc(Cl)c(Cl)c3)CC2)C(I)c2c(F)cccc21. The molecule has 4 rings (SSSR count). The molecule has 0 aromatic heterocycles. The molecule has 1 atom stereocenters. The zero-order valence-electron chi connectivity index (χ0n) is 19.5. The second-order valence-electron chi connectivity index (χ2n) is 8.51. The summed E-state index contributed by atoms with van der Waals surface area (Å²) in [4.78, 5) is 16.9. The molecule has 1 unspecified atom stereocenters. The number of nitrogens with zero attached hydrogens (tertiary/aromatic N) is 4. The monoisotopic (exact) mass is 632 g/mol. The number of piperazine rings is 1. The molecule has 35 heavy (non-hydrogen) atoms. The molecule has 0 radical (unpaired) electrons. The van der Waals surface area contributed by atoms with E-state index in [-0.39, 0.29) is 22.3 Å². The molecule has 2 heterocycles. The van der Waals surface area contributed by atoms with Crippen molar-refractivity contribution in [2.24, 2.45) is 5.10 Å². The Morgan fingerprint density at radius 3 is 2.63 bits per heavy atom. The standard InChI is InChI=1S/C25H28Cl2FIN4O2/c1-2-35-23(34)16-22-18-5-3-6-21(28)24(18)25(29)33(30-22)10-4-9-31-11-13-32(14-12-31)17-7-8-19(26)20(27)15-17/h3,5-8,15,25H,2,4,9-14,16H2,1H3. The van der Waals surface area contributed by atoms with Gasteiger partial charge in [0.1, 0.15) is 9.87 Å². The van der Waals surface area contributed by atoms with Crippen molar-refractivity contribution in [2.75, 3.05) is 50.8 Å². The minimum Gasteiger partial charge on any atom is -0.466 e. The molecule has 0 aliphatic carbocycles. The van der Waals surface area contributed by atoms with Gasteiger partial charge in [-0.2, -0.15) is 5.10 Å². The van der Waals surface area contributed by atoms with E-state index in [0.717, 1.165) is 44.8 Å². The highest BCUT2D eigenvalue weighted by atomic mass is 127. The molecule has 2 aliphatic rings. The van der Waals surface area contributed by atoms with Gasteiger partial charge in [0.2, 0.25) is 0 Å². The maximum atomic E-state index is 14.8. The number of hydrogen-bond donors (Lipinski definition) is 0. The van der Waals surface area contributed by atoms with Gasteiger partial charge in [-0.15, -0.1) is 0 Å². The predicted molar refractivity (Wildman–Crippen MR) is 147 cm³/mol. The Morgan fingerprint density at radius 1 is 1.14 bits per heavy atom. The minimum atomic E-state index is -0.354. The van der Waals surface area contributed by atoms with Gasteiger partial charge in [-0.3, -0.25) is 14.7 Å². The molecule has 0 amide bonds. The number of benzene rings is 2. The number of hydrazone groups is 1. The van der Waals surface area contributed by atoms with Crippen LogP contribution in [-0.2, 0) is 9.53 Å². The van der Waals surface area contributed by atoms with Crippen LogP contribution >= 0.6 is 45.8 Å². The lowest BCUT2D eigenvalue weighted by atomic mass is 9.98. The van der Waals surface area contributed by atoms with E-state index in [0.29, 0.717) is 40.0 Å². The van der Waals surface area contributed by atoms with Gasteiger partial charge in [-0.05, 0) is 37.6 Å². The summed E-state index contributed by atoms with van der Waals surface area (Å²) < 4.78 is 19.6. The summed E-state index contributed by atoms with van der Waals surface area (Å²) >= 11 is 14.4. The van der Waals surface area contributed by atoms with Crippen molar-refractivity contribution >= 4 is 63.2 Å². The van der Waals surface area contributed by atoms with Crippen LogP contribution in [0, 0.1) is 5.82 Å². The van der Waals surface area contributed by atoms with Crippen LogP contribution < -0.4 is 4.90 Å². The van der Waals surface area contributed by atoms with E-state index in [1.807, 2.05) is 29.3 Å². The highest BCUT2D eigenvalue weighted by molar-refractivity contribution is 14.1. The Hall–Kier alpha value is -1.62. The van der Waals surface area contributed by atoms with E-state index in [1.165, 1.54) is 6.07 Å². The lowest BCUT2D eigenvalue weighted by molar-refractivity contribution is -0.141. The Balaban J connectivity index is 1.34. The molecular weight excluding hydrogens is 605 g/mol. The number of alkyl halides is 1. The highest BCUT2D eigenvalue weighted by Gasteiger charge is 2.30.